The first-order valence-electron chi connectivity index (χ1n) is 9.92. The number of carbonyl (C=O) groups excluding carboxylic acids is 1. The third kappa shape index (κ3) is 3.48. The molecule has 1 aliphatic carbocycles. The smallest absolute Gasteiger partial charge is 0.242 e. The first kappa shape index (κ1) is 17.8. The highest BCUT2D eigenvalue weighted by molar-refractivity contribution is 5.85. The molecular weight excluding hydrogens is 334 g/mol. The second-order valence-electron chi connectivity index (χ2n) is 7.62. The summed E-state index contributed by atoms with van der Waals surface area (Å²) in [5, 5.41) is 0. The zero-order valence-corrected chi connectivity index (χ0v) is 16.2. The minimum absolute atomic E-state index is 0.167. The number of likely N-dealkylation sites (N-methyl/N-ethyl adjacent to an activating group) is 1. The summed E-state index contributed by atoms with van der Waals surface area (Å²) in [6, 6.07) is 16.7. The molecule has 4 heteroatoms. The average molecular weight is 361 g/mol. The molecule has 0 atom stereocenters. The molecule has 0 saturated heterocycles. The van der Waals surface area contributed by atoms with Gasteiger partial charge in [-0.25, -0.2) is 4.98 Å². The maximum atomic E-state index is 13.1. The van der Waals surface area contributed by atoms with Crippen molar-refractivity contribution >= 4 is 16.9 Å². The molecule has 1 amide bonds. The van der Waals surface area contributed by atoms with Gasteiger partial charge in [0.05, 0.1) is 11.0 Å². The van der Waals surface area contributed by atoms with Crippen molar-refractivity contribution in [2.24, 2.45) is 0 Å². The van der Waals surface area contributed by atoms with E-state index in [1.165, 1.54) is 24.8 Å². The van der Waals surface area contributed by atoms with Crippen LogP contribution in [0.1, 0.15) is 37.7 Å². The Bertz CT molecular complexity index is 953. The van der Waals surface area contributed by atoms with Crippen LogP contribution in [-0.2, 0) is 11.3 Å². The van der Waals surface area contributed by atoms with Gasteiger partial charge in [0, 0.05) is 18.7 Å². The Kier molecular flexibility index (Phi) is 4.97. The predicted octanol–water partition coefficient (Wildman–Crippen LogP) is 4.80. The van der Waals surface area contributed by atoms with Crippen molar-refractivity contribution in [2.45, 2.75) is 51.6 Å². The van der Waals surface area contributed by atoms with Crippen LogP contribution in [0.2, 0.25) is 0 Å². The second-order valence-corrected chi connectivity index (χ2v) is 7.62. The van der Waals surface area contributed by atoms with Crippen molar-refractivity contribution < 1.29 is 4.79 Å². The first-order valence-corrected chi connectivity index (χ1v) is 9.92. The SMILES string of the molecule is Cc1ccccc1-c1nc2ccccc2n1CC(=O)N(C)C1CCCCC1. The number of nitrogens with zero attached hydrogens (tertiary/aromatic N) is 3. The van der Waals surface area contributed by atoms with E-state index in [1.54, 1.807) is 0 Å². The summed E-state index contributed by atoms with van der Waals surface area (Å²) in [5.41, 5.74) is 4.20. The number of carbonyl (C=O) groups is 1. The number of fused-ring (bicyclic) bond motifs is 1. The van der Waals surface area contributed by atoms with Crippen LogP contribution >= 0.6 is 0 Å². The zero-order valence-electron chi connectivity index (χ0n) is 16.2. The standard InChI is InChI=1S/C23H27N3O/c1-17-10-6-7-13-19(17)23-24-20-14-8-9-15-21(20)26(23)16-22(27)25(2)18-11-4-3-5-12-18/h6-10,13-15,18H,3-5,11-12,16H2,1-2H3. The minimum atomic E-state index is 0.167. The molecule has 0 radical (unpaired) electrons. The predicted molar refractivity (Wildman–Crippen MR) is 110 cm³/mol. The summed E-state index contributed by atoms with van der Waals surface area (Å²) in [5.74, 6) is 1.04. The minimum Gasteiger partial charge on any atom is -0.341 e. The Morgan fingerprint density at radius 3 is 2.56 bits per heavy atom. The fraction of sp³-hybridized carbons (Fsp3) is 0.391. The molecule has 0 aliphatic heterocycles. The first-order chi connectivity index (χ1) is 13.1. The van der Waals surface area contributed by atoms with Crippen LogP contribution in [0.5, 0.6) is 0 Å². The van der Waals surface area contributed by atoms with E-state index >= 15 is 0 Å². The summed E-state index contributed by atoms with van der Waals surface area (Å²) >= 11 is 0. The highest BCUT2D eigenvalue weighted by Gasteiger charge is 2.24. The number of rotatable bonds is 4. The second kappa shape index (κ2) is 7.55. The number of amides is 1. The normalized spacial score (nSPS) is 15.2. The van der Waals surface area contributed by atoms with E-state index in [4.69, 9.17) is 4.98 Å². The number of para-hydroxylation sites is 2. The van der Waals surface area contributed by atoms with Gasteiger partial charge in [0.1, 0.15) is 12.4 Å². The molecule has 1 aliphatic rings. The van der Waals surface area contributed by atoms with Gasteiger partial charge in [-0.2, -0.15) is 0 Å². The highest BCUT2D eigenvalue weighted by atomic mass is 16.2. The van der Waals surface area contributed by atoms with Gasteiger partial charge in [0.2, 0.25) is 5.91 Å². The summed E-state index contributed by atoms with van der Waals surface area (Å²) in [4.78, 5) is 19.9. The van der Waals surface area contributed by atoms with Gasteiger partial charge in [-0.15, -0.1) is 0 Å². The van der Waals surface area contributed by atoms with Crippen molar-refractivity contribution in [3.63, 3.8) is 0 Å². The molecule has 2 aromatic carbocycles. The Morgan fingerprint density at radius 2 is 1.78 bits per heavy atom. The lowest BCUT2D eigenvalue weighted by atomic mass is 9.94. The van der Waals surface area contributed by atoms with Crippen LogP contribution in [0.25, 0.3) is 22.4 Å². The third-order valence-corrected chi connectivity index (χ3v) is 5.85. The van der Waals surface area contributed by atoms with Gasteiger partial charge in [0.25, 0.3) is 0 Å². The highest BCUT2D eigenvalue weighted by Crippen LogP contribution is 2.28. The van der Waals surface area contributed by atoms with Gasteiger partial charge in [-0.1, -0.05) is 55.7 Å². The third-order valence-electron chi connectivity index (χ3n) is 5.85. The summed E-state index contributed by atoms with van der Waals surface area (Å²) < 4.78 is 2.08. The lowest BCUT2D eigenvalue weighted by Crippen LogP contribution is -2.40. The molecule has 4 nitrogen and oxygen atoms in total. The number of imidazole rings is 1. The van der Waals surface area contributed by atoms with E-state index in [-0.39, 0.29) is 5.91 Å². The van der Waals surface area contributed by atoms with E-state index in [0.29, 0.717) is 12.6 Å². The van der Waals surface area contributed by atoms with Crippen molar-refractivity contribution in [3.8, 4) is 11.4 Å². The van der Waals surface area contributed by atoms with Crippen LogP contribution in [-0.4, -0.2) is 33.4 Å². The molecular formula is C23H27N3O. The van der Waals surface area contributed by atoms with E-state index in [9.17, 15) is 4.79 Å². The molecule has 0 N–H and O–H groups in total. The van der Waals surface area contributed by atoms with Gasteiger partial charge in [-0.05, 0) is 37.5 Å². The molecule has 27 heavy (non-hydrogen) atoms. The summed E-state index contributed by atoms with van der Waals surface area (Å²) in [6.45, 7) is 2.42. The van der Waals surface area contributed by atoms with Crippen molar-refractivity contribution in [1.82, 2.24) is 14.5 Å². The van der Waals surface area contributed by atoms with E-state index in [1.807, 2.05) is 42.3 Å². The number of hydrogen-bond donors (Lipinski definition) is 0. The number of aromatic nitrogens is 2. The van der Waals surface area contributed by atoms with E-state index in [2.05, 4.69) is 29.7 Å². The molecule has 1 fully saturated rings. The molecule has 0 spiro atoms. The van der Waals surface area contributed by atoms with Crippen LogP contribution in [0.15, 0.2) is 48.5 Å². The van der Waals surface area contributed by atoms with Gasteiger partial charge in [-0.3, -0.25) is 4.79 Å². The van der Waals surface area contributed by atoms with Gasteiger partial charge in [0.15, 0.2) is 0 Å². The molecule has 3 aromatic rings. The topological polar surface area (TPSA) is 38.1 Å². The molecule has 140 valence electrons. The number of hydrogen-bond acceptors (Lipinski definition) is 2. The lowest BCUT2D eigenvalue weighted by Gasteiger charge is -2.31. The molecule has 1 aromatic heterocycles. The van der Waals surface area contributed by atoms with Crippen LogP contribution < -0.4 is 0 Å². The Hall–Kier alpha value is -2.62. The fourth-order valence-electron chi connectivity index (χ4n) is 4.18. The number of benzene rings is 2. The fourth-order valence-corrected chi connectivity index (χ4v) is 4.18. The average Bonchev–Trinajstić information content (AvgIpc) is 3.06. The maximum Gasteiger partial charge on any atom is 0.242 e. The van der Waals surface area contributed by atoms with Gasteiger partial charge < -0.3 is 9.47 Å². The van der Waals surface area contributed by atoms with Crippen molar-refractivity contribution in [2.75, 3.05) is 7.05 Å². The molecule has 0 unspecified atom stereocenters. The molecule has 0 bridgehead atoms. The summed E-state index contributed by atoms with van der Waals surface area (Å²) in [6.07, 6.45) is 5.99. The van der Waals surface area contributed by atoms with Crippen molar-refractivity contribution in [3.05, 3.63) is 54.1 Å². The Balaban J connectivity index is 1.71. The Labute approximate surface area is 160 Å². The maximum absolute atomic E-state index is 13.1. The van der Waals surface area contributed by atoms with Crippen LogP contribution in [0.4, 0.5) is 0 Å². The van der Waals surface area contributed by atoms with Gasteiger partial charge >= 0.3 is 0 Å². The molecule has 1 saturated carbocycles. The monoisotopic (exact) mass is 361 g/mol. The zero-order chi connectivity index (χ0) is 18.8. The Morgan fingerprint density at radius 1 is 1.07 bits per heavy atom. The quantitative estimate of drug-likeness (QED) is 0.669. The molecule has 1 heterocycles. The number of aryl methyl sites for hydroxylation is 1. The summed E-state index contributed by atoms with van der Waals surface area (Å²) in [7, 11) is 1.96. The lowest BCUT2D eigenvalue weighted by molar-refractivity contribution is -0.133. The largest absolute Gasteiger partial charge is 0.341 e. The van der Waals surface area contributed by atoms with Crippen LogP contribution in [0.3, 0.4) is 0 Å². The van der Waals surface area contributed by atoms with Crippen molar-refractivity contribution in [1.29, 1.82) is 0 Å². The van der Waals surface area contributed by atoms with Crippen LogP contribution in [0, 0.1) is 6.92 Å². The molecule has 4 rings (SSSR count). The van der Waals surface area contributed by atoms with E-state index in [0.717, 1.165) is 35.3 Å². The van der Waals surface area contributed by atoms with E-state index < -0.39 is 0 Å².